The van der Waals surface area contributed by atoms with Gasteiger partial charge in [0.15, 0.2) is 6.33 Å². The number of rotatable bonds is 3. The third-order valence-corrected chi connectivity index (χ3v) is 3.12. The Labute approximate surface area is 89.6 Å². The fourth-order valence-corrected chi connectivity index (χ4v) is 2.19. The Balaban J connectivity index is 1.95. The van der Waals surface area contributed by atoms with E-state index in [4.69, 9.17) is 10.3 Å². The summed E-state index contributed by atoms with van der Waals surface area (Å²) in [4.78, 5) is 6.38. The van der Waals surface area contributed by atoms with Gasteiger partial charge in [-0.05, 0) is 25.3 Å². The van der Waals surface area contributed by atoms with Crippen molar-refractivity contribution in [3.8, 4) is 0 Å². The van der Waals surface area contributed by atoms with Gasteiger partial charge < -0.3 is 10.3 Å². The SMILES string of the molecule is CC1CCN(Cc2ncno2)C(CN)C1. The molecule has 0 aromatic carbocycles. The van der Waals surface area contributed by atoms with E-state index in [0.29, 0.717) is 18.5 Å². The molecule has 1 aliphatic heterocycles. The Bertz CT molecular complexity index is 288. The molecular formula is C10H18N4O. The molecule has 5 nitrogen and oxygen atoms in total. The van der Waals surface area contributed by atoms with Crippen molar-refractivity contribution in [2.45, 2.75) is 32.4 Å². The molecule has 1 fully saturated rings. The van der Waals surface area contributed by atoms with Gasteiger partial charge in [0.25, 0.3) is 0 Å². The van der Waals surface area contributed by atoms with E-state index in [9.17, 15) is 0 Å². The molecule has 1 saturated heterocycles. The van der Waals surface area contributed by atoms with Crippen LogP contribution in [0.3, 0.4) is 0 Å². The van der Waals surface area contributed by atoms with Crippen LogP contribution >= 0.6 is 0 Å². The number of hydrogen-bond donors (Lipinski definition) is 1. The van der Waals surface area contributed by atoms with E-state index < -0.39 is 0 Å². The highest BCUT2D eigenvalue weighted by molar-refractivity contribution is 4.84. The number of likely N-dealkylation sites (tertiary alicyclic amines) is 1. The molecule has 2 atom stereocenters. The molecule has 0 aliphatic carbocycles. The molecule has 84 valence electrons. The van der Waals surface area contributed by atoms with Gasteiger partial charge in [0.1, 0.15) is 0 Å². The molecule has 5 heteroatoms. The van der Waals surface area contributed by atoms with Crippen LogP contribution in [0, 0.1) is 5.92 Å². The summed E-state index contributed by atoms with van der Waals surface area (Å²) in [5.74, 6) is 1.46. The second-order valence-corrected chi connectivity index (χ2v) is 4.32. The van der Waals surface area contributed by atoms with Gasteiger partial charge in [0, 0.05) is 12.6 Å². The summed E-state index contributed by atoms with van der Waals surface area (Å²) >= 11 is 0. The van der Waals surface area contributed by atoms with E-state index in [1.165, 1.54) is 19.2 Å². The topological polar surface area (TPSA) is 68.2 Å². The van der Waals surface area contributed by atoms with E-state index in [-0.39, 0.29) is 0 Å². The van der Waals surface area contributed by atoms with Gasteiger partial charge in [0.2, 0.25) is 5.89 Å². The molecular weight excluding hydrogens is 192 g/mol. The van der Waals surface area contributed by atoms with E-state index in [0.717, 1.165) is 19.0 Å². The van der Waals surface area contributed by atoms with Gasteiger partial charge in [-0.2, -0.15) is 4.98 Å². The van der Waals surface area contributed by atoms with E-state index in [1.54, 1.807) is 0 Å². The largest absolute Gasteiger partial charge is 0.338 e. The monoisotopic (exact) mass is 210 g/mol. The van der Waals surface area contributed by atoms with Gasteiger partial charge >= 0.3 is 0 Å². The van der Waals surface area contributed by atoms with Crippen LogP contribution in [-0.4, -0.2) is 34.2 Å². The third kappa shape index (κ3) is 2.54. The number of aromatic nitrogens is 2. The summed E-state index contributed by atoms with van der Waals surface area (Å²) in [5.41, 5.74) is 5.78. The minimum absolute atomic E-state index is 0.459. The van der Waals surface area contributed by atoms with Crippen molar-refractivity contribution in [3.63, 3.8) is 0 Å². The molecule has 1 aromatic heterocycles. The van der Waals surface area contributed by atoms with E-state index >= 15 is 0 Å². The minimum atomic E-state index is 0.459. The molecule has 0 saturated carbocycles. The maximum atomic E-state index is 5.78. The third-order valence-electron chi connectivity index (χ3n) is 3.12. The van der Waals surface area contributed by atoms with Crippen LogP contribution in [0.5, 0.6) is 0 Å². The first-order chi connectivity index (χ1) is 7.29. The molecule has 0 radical (unpaired) electrons. The summed E-state index contributed by atoms with van der Waals surface area (Å²) in [7, 11) is 0. The van der Waals surface area contributed by atoms with Crippen LogP contribution in [0.1, 0.15) is 25.7 Å². The van der Waals surface area contributed by atoms with E-state index in [2.05, 4.69) is 22.0 Å². The lowest BCUT2D eigenvalue weighted by atomic mass is 9.92. The molecule has 0 spiro atoms. The zero-order chi connectivity index (χ0) is 10.7. The lowest BCUT2D eigenvalue weighted by molar-refractivity contribution is 0.102. The van der Waals surface area contributed by atoms with Crippen molar-refractivity contribution in [1.29, 1.82) is 0 Å². The lowest BCUT2D eigenvalue weighted by Crippen LogP contribution is -2.45. The van der Waals surface area contributed by atoms with Gasteiger partial charge in [0.05, 0.1) is 6.54 Å². The highest BCUT2D eigenvalue weighted by Gasteiger charge is 2.26. The summed E-state index contributed by atoms with van der Waals surface area (Å²) < 4.78 is 5.01. The molecule has 1 aliphatic rings. The van der Waals surface area contributed by atoms with Crippen molar-refractivity contribution < 1.29 is 4.52 Å². The minimum Gasteiger partial charge on any atom is -0.338 e. The second kappa shape index (κ2) is 4.72. The van der Waals surface area contributed by atoms with Crippen LogP contribution in [0.25, 0.3) is 0 Å². The summed E-state index contributed by atoms with van der Waals surface area (Å²) in [6.07, 6.45) is 3.84. The zero-order valence-corrected chi connectivity index (χ0v) is 9.09. The molecule has 0 amide bonds. The first kappa shape index (κ1) is 10.6. The fraction of sp³-hybridized carbons (Fsp3) is 0.800. The highest BCUT2D eigenvalue weighted by atomic mass is 16.5. The number of nitrogens with zero attached hydrogens (tertiary/aromatic N) is 3. The average Bonchev–Trinajstić information content (AvgIpc) is 2.73. The Morgan fingerprint density at radius 2 is 2.53 bits per heavy atom. The number of piperidine rings is 1. The van der Waals surface area contributed by atoms with Crippen molar-refractivity contribution in [1.82, 2.24) is 15.0 Å². The van der Waals surface area contributed by atoms with Crippen LogP contribution in [-0.2, 0) is 6.54 Å². The molecule has 15 heavy (non-hydrogen) atoms. The first-order valence-electron chi connectivity index (χ1n) is 5.49. The maximum Gasteiger partial charge on any atom is 0.240 e. The number of hydrogen-bond acceptors (Lipinski definition) is 5. The van der Waals surface area contributed by atoms with Crippen LogP contribution in [0.15, 0.2) is 10.9 Å². The molecule has 1 aromatic rings. The summed E-state index contributed by atoms with van der Waals surface area (Å²) in [6, 6.07) is 0.459. The highest BCUT2D eigenvalue weighted by Crippen LogP contribution is 2.22. The Hall–Kier alpha value is -0.940. The normalized spacial score (nSPS) is 28.1. The van der Waals surface area contributed by atoms with Crippen LogP contribution < -0.4 is 5.73 Å². The van der Waals surface area contributed by atoms with Crippen molar-refractivity contribution >= 4 is 0 Å². The Morgan fingerprint density at radius 3 is 3.20 bits per heavy atom. The first-order valence-corrected chi connectivity index (χ1v) is 5.49. The predicted octanol–water partition coefficient (Wildman–Crippen LogP) is 0.629. The zero-order valence-electron chi connectivity index (χ0n) is 9.09. The van der Waals surface area contributed by atoms with Crippen molar-refractivity contribution in [3.05, 3.63) is 12.2 Å². The Morgan fingerprint density at radius 1 is 1.67 bits per heavy atom. The molecule has 2 heterocycles. The Kier molecular flexibility index (Phi) is 3.33. The molecule has 2 unspecified atom stereocenters. The summed E-state index contributed by atoms with van der Waals surface area (Å²) in [6.45, 7) is 4.80. The molecule has 2 rings (SSSR count). The smallest absolute Gasteiger partial charge is 0.240 e. The van der Waals surface area contributed by atoms with Gasteiger partial charge in [-0.15, -0.1) is 0 Å². The lowest BCUT2D eigenvalue weighted by Gasteiger charge is -2.36. The molecule has 0 bridgehead atoms. The second-order valence-electron chi connectivity index (χ2n) is 4.32. The average molecular weight is 210 g/mol. The van der Waals surface area contributed by atoms with E-state index in [1.807, 2.05) is 0 Å². The standard InChI is InChI=1S/C10H18N4O/c1-8-2-3-14(9(4-8)5-11)6-10-12-7-13-15-10/h7-9H,2-6,11H2,1H3. The van der Waals surface area contributed by atoms with Crippen molar-refractivity contribution in [2.24, 2.45) is 11.7 Å². The van der Waals surface area contributed by atoms with Crippen LogP contribution in [0.4, 0.5) is 0 Å². The quantitative estimate of drug-likeness (QED) is 0.792. The predicted molar refractivity (Wildman–Crippen MR) is 55.9 cm³/mol. The fourth-order valence-electron chi connectivity index (χ4n) is 2.19. The van der Waals surface area contributed by atoms with Gasteiger partial charge in [-0.25, -0.2) is 0 Å². The van der Waals surface area contributed by atoms with Gasteiger partial charge in [-0.1, -0.05) is 12.1 Å². The summed E-state index contributed by atoms with van der Waals surface area (Å²) in [5, 5.41) is 3.61. The van der Waals surface area contributed by atoms with Crippen LogP contribution in [0.2, 0.25) is 0 Å². The van der Waals surface area contributed by atoms with Crippen molar-refractivity contribution in [2.75, 3.05) is 13.1 Å². The van der Waals surface area contributed by atoms with Gasteiger partial charge in [-0.3, -0.25) is 4.90 Å². The molecule has 2 N–H and O–H groups in total. The number of nitrogens with two attached hydrogens (primary N) is 1. The maximum absolute atomic E-state index is 5.78.